The van der Waals surface area contributed by atoms with E-state index in [1.54, 1.807) is 11.7 Å². The van der Waals surface area contributed by atoms with Crippen LogP contribution in [0.15, 0.2) is 24.3 Å². The zero-order valence-electron chi connectivity index (χ0n) is 12.0. The number of benzene rings is 1. The summed E-state index contributed by atoms with van der Waals surface area (Å²) >= 11 is 0. The maximum absolute atomic E-state index is 12.1. The lowest BCUT2D eigenvalue weighted by molar-refractivity contribution is -0.120. The highest BCUT2D eigenvalue weighted by Crippen LogP contribution is 2.20. The third-order valence-electron chi connectivity index (χ3n) is 3.36. The van der Waals surface area contributed by atoms with Crippen LogP contribution in [0.3, 0.4) is 0 Å². The Kier molecular flexibility index (Phi) is 4.45. The van der Waals surface area contributed by atoms with Crippen LogP contribution in [0.5, 0.6) is 0 Å². The molecule has 1 N–H and O–H groups in total. The second kappa shape index (κ2) is 6.27. The first-order valence-corrected chi connectivity index (χ1v) is 6.79. The number of amides is 1. The molecule has 0 fully saturated rings. The highest BCUT2D eigenvalue weighted by Gasteiger charge is 2.14. The predicted molar refractivity (Wildman–Crippen MR) is 76.9 cm³/mol. The third kappa shape index (κ3) is 3.01. The van der Waals surface area contributed by atoms with Crippen LogP contribution in [0.25, 0.3) is 11.4 Å². The summed E-state index contributed by atoms with van der Waals surface area (Å²) in [7, 11) is 1.78. The zero-order chi connectivity index (χ0) is 14.5. The standard InChI is InChI=1S/C14H19N5O/c1-4-10(5-2)14(20)15-12-8-6-7-11(9-12)13-16-17-18-19(13)3/h6-10H,4-5H2,1-3H3,(H,15,20). The predicted octanol–water partition coefficient (Wildman–Crippen LogP) is 2.25. The number of carbonyl (C=O) groups is 1. The van der Waals surface area contributed by atoms with Crippen molar-refractivity contribution >= 4 is 11.6 Å². The van der Waals surface area contributed by atoms with Crippen molar-refractivity contribution in [2.45, 2.75) is 26.7 Å². The van der Waals surface area contributed by atoms with E-state index in [-0.39, 0.29) is 11.8 Å². The average molecular weight is 273 g/mol. The number of nitrogens with zero attached hydrogens (tertiary/aromatic N) is 4. The molecule has 1 heterocycles. The number of rotatable bonds is 5. The van der Waals surface area contributed by atoms with Crippen molar-refractivity contribution in [2.24, 2.45) is 13.0 Å². The number of hydrogen-bond donors (Lipinski definition) is 1. The minimum absolute atomic E-state index is 0.0511. The molecule has 0 bridgehead atoms. The Morgan fingerprint density at radius 1 is 1.35 bits per heavy atom. The van der Waals surface area contributed by atoms with E-state index in [0.29, 0.717) is 5.82 Å². The molecule has 2 aromatic rings. The van der Waals surface area contributed by atoms with E-state index in [9.17, 15) is 4.79 Å². The highest BCUT2D eigenvalue weighted by molar-refractivity contribution is 5.93. The van der Waals surface area contributed by atoms with Crippen molar-refractivity contribution < 1.29 is 4.79 Å². The smallest absolute Gasteiger partial charge is 0.227 e. The number of carbonyl (C=O) groups excluding carboxylic acids is 1. The molecule has 0 radical (unpaired) electrons. The molecule has 106 valence electrons. The molecule has 6 nitrogen and oxygen atoms in total. The van der Waals surface area contributed by atoms with Gasteiger partial charge in [0, 0.05) is 24.2 Å². The molecule has 6 heteroatoms. The maximum atomic E-state index is 12.1. The van der Waals surface area contributed by atoms with Gasteiger partial charge in [-0.05, 0) is 35.4 Å². The van der Waals surface area contributed by atoms with Crippen molar-refractivity contribution in [3.05, 3.63) is 24.3 Å². The summed E-state index contributed by atoms with van der Waals surface area (Å²) in [5.74, 6) is 0.780. The molecule has 0 spiro atoms. The van der Waals surface area contributed by atoms with Crippen LogP contribution in [-0.4, -0.2) is 26.1 Å². The monoisotopic (exact) mass is 273 g/mol. The quantitative estimate of drug-likeness (QED) is 0.906. The summed E-state index contributed by atoms with van der Waals surface area (Å²) in [5, 5.41) is 14.3. The summed E-state index contributed by atoms with van der Waals surface area (Å²) in [6, 6.07) is 7.55. The number of nitrogens with one attached hydrogen (secondary N) is 1. The van der Waals surface area contributed by atoms with E-state index in [0.717, 1.165) is 24.1 Å². The lowest BCUT2D eigenvalue weighted by Gasteiger charge is -2.13. The summed E-state index contributed by atoms with van der Waals surface area (Å²) in [6.45, 7) is 4.05. The van der Waals surface area contributed by atoms with Gasteiger partial charge < -0.3 is 5.32 Å². The molecule has 1 aromatic heterocycles. The van der Waals surface area contributed by atoms with Gasteiger partial charge >= 0.3 is 0 Å². The summed E-state index contributed by atoms with van der Waals surface area (Å²) in [4.78, 5) is 12.1. The van der Waals surface area contributed by atoms with Crippen LogP contribution < -0.4 is 5.32 Å². The molecule has 1 amide bonds. The van der Waals surface area contributed by atoms with Gasteiger partial charge in [0.2, 0.25) is 5.91 Å². The molecule has 0 atom stereocenters. The molecule has 0 aliphatic rings. The molecule has 0 saturated heterocycles. The zero-order valence-corrected chi connectivity index (χ0v) is 12.0. The van der Waals surface area contributed by atoms with Crippen LogP contribution in [0.1, 0.15) is 26.7 Å². The van der Waals surface area contributed by atoms with Crippen LogP contribution in [0.2, 0.25) is 0 Å². The molecule has 20 heavy (non-hydrogen) atoms. The van der Waals surface area contributed by atoms with Gasteiger partial charge in [0.15, 0.2) is 5.82 Å². The lowest BCUT2D eigenvalue weighted by Crippen LogP contribution is -2.21. The average Bonchev–Trinajstić information content (AvgIpc) is 2.86. The fourth-order valence-electron chi connectivity index (χ4n) is 2.11. The Balaban J connectivity index is 2.19. The van der Waals surface area contributed by atoms with Gasteiger partial charge in [-0.25, -0.2) is 4.68 Å². The Bertz CT molecular complexity index is 589. The number of aromatic nitrogens is 4. The fraction of sp³-hybridized carbons (Fsp3) is 0.429. The van der Waals surface area contributed by atoms with Crippen LogP contribution in [0, 0.1) is 5.92 Å². The first-order valence-electron chi connectivity index (χ1n) is 6.79. The molecule has 0 aliphatic heterocycles. The van der Waals surface area contributed by atoms with Gasteiger partial charge in [-0.15, -0.1) is 5.10 Å². The number of aryl methyl sites for hydroxylation is 1. The van der Waals surface area contributed by atoms with Gasteiger partial charge in [0.05, 0.1) is 0 Å². The van der Waals surface area contributed by atoms with E-state index in [2.05, 4.69) is 20.8 Å². The Morgan fingerprint density at radius 2 is 2.10 bits per heavy atom. The SMILES string of the molecule is CCC(CC)C(=O)Nc1cccc(-c2nnnn2C)c1. The first-order chi connectivity index (χ1) is 9.65. The maximum Gasteiger partial charge on any atom is 0.227 e. The molecule has 0 unspecified atom stereocenters. The number of tetrazole rings is 1. The van der Waals surface area contributed by atoms with E-state index < -0.39 is 0 Å². The molecule has 0 saturated carbocycles. The van der Waals surface area contributed by atoms with Crippen molar-refractivity contribution in [1.82, 2.24) is 20.2 Å². The number of anilines is 1. The van der Waals surface area contributed by atoms with Gasteiger partial charge in [-0.1, -0.05) is 26.0 Å². The van der Waals surface area contributed by atoms with Crippen molar-refractivity contribution in [3.8, 4) is 11.4 Å². The lowest BCUT2D eigenvalue weighted by atomic mass is 10.0. The van der Waals surface area contributed by atoms with Gasteiger partial charge in [-0.2, -0.15) is 0 Å². The molecule has 0 aliphatic carbocycles. The van der Waals surface area contributed by atoms with E-state index in [4.69, 9.17) is 0 Å². The molecular formula is C14H19N5O. The third-order valence-corrected chi connectivity index (χ3v) is 3.36. The highest BCUT2D eigenvalue weighted by atomic mass is 16.1. The van der Waals surface area contributed by atoms with Crippen LogP contribution in [-0.2, 0) is 11.8 Å². The summed E-state index contributed by atoms with van der Waals surface area (Å²) in [6.07, 6.45) is 1.68. The molecular weight excluding hydrogens is 254 g/mol. The van der Waals surface area contributed by atoms with Crippen molar-refractivity contribution in [1.29, 1.82) is 0 Å². The topological polar surface area (TPSA) is 72.7 Å². The fourth-order valence-corrected chi connectivity index (χ4v) is 2.11. The van der Waals surface area contributed by atoms with Crippen LogP contribution in [0.4, 0.5) is 5.69 Å². The van der Waals surface area contributed by atoms with E-state index in [1.807, 2.05) is 38.1 Å². The van der Waals surface area contributed by atoms with E-state index in [1.165, 1.54) is 0 Å². The molecule has 2 rings (SSSR count). The van der Waals surface area contributed by atoms with Crippen molar-refractivity contribution in [2.75, 3.05) is 5.32 Å². The Hall–Kier alpha value is -2.24. The normalized spacial score (nSPS) is 10.8. The van der Waals surface area contributed by atoms with Crippen molar-refractivity contribution in [3.63, 3.8) is 0 Å². The minimum Gasteiger partial charge on any atom is -0.326 e. The largest absolute Gasteiger partial charge is 0.326 e. The van der Waals surface area contributed by atoms with E-state index >= 15 is 0 Å². The first kappa shape index (κ1) is 14.2. The van der Waals surface area contributed by atoms with Gasteiger partial charge in [-0.3, -0.25) is 4.79 Å². The van der Waals surface area contributed by atoms with Gasteiger partial charge in [0.25, 0.3) is 0 Å². The second-order valence-electron chi connectivity index (χ2n) is 4.71. The second-order valence-corrected chi connectivity index (χ2v) is 4.71. The molecule has 1 aromatic carbocycles. The minimum atomic E-state index is 0.0511. The van der Waals surface area contributed by atoms with Gasteiger partial charge in [0.1, 0.15) is 0 Å². The number of hydrogen-bond acceptors (Lipinski definition) is 4. The Morgan fingerprint density at radius 3 is 2.70 bits per heavy atom. The Labute approximate surface area is 118 Å². The van der Waals surface area contributed by atoms with Crippen LogP contribution >= 0.6 is 0 Å². The summed E-state index contributed by atoms with van der Waals surface area (Å²) in [5.41, 5.74) is 1.64. The summed E-state index contributed by atoms with van der Waals surface area (Å²) < 4.78 is 1.60.